The molecule has 0 bridgehead atoms. The van der Waals surface area contributed by atoms with Crippen molar-refractivity contribution in [1.82, 2.24) is 0 Å². The highest BCUT2D eigenvalue weighted by atomic mass is 16.3. The first-order valence-electron chi connectivity index (χ1n) is 11.1. The van der Waals surface area contributed by atoms with Crippen molar-refractivity contribution in [1.29, 1.82) is 0 Å². The number of rotatable bonds is 3. The fourth-order valence-electron chi connectivity index (χ4n) is 8.44. The second kappa shape index (κ2) is 6.19. The molecule has 146 valence electrons. The SMILES string of the molecule is C=CC[C@@]1(O)CC[C@]2(C)C3CC[C@@]4(C)C(CC[C@@H]4C(C)=O)C3CC[C@H]2C1. The summed E-state index contributed by atoms with van der Waals surface area (Å²) in [5, 5.41) is 11.0. The van der Waals surface area contributed by atoms with Crippen molar-refractivity contribution in [2.75, 3.05) is 0 Å². The summed E-state index contributed by atoms with van der Waals surface area (Å²) in [7, 11) is 0. The van der Waals surface area contributed by atoms with Crippen LogP contribution in [0.25, 0.3) is 0 Å². The highest BCUT2D eigenvalue weighted by molar-refractivity contribution is 5.79. The number of hydrogen-bond acceptors (Lipinski definition) is 2. The molecule has 8 atom stereocenters. The predicted octanol–water partition coefficient (Wildman–Crippen LogP) is 5.54. The Balaban J connectivity index is 1.57. The molecule has 0 aromatic rings. The minimum Gasteiger partial charge on any atom is -0.390 e. The van der Waals surface area contributed by atoms with E-state index >= 15 is 0 Å². The minimum absolute atomic E-state index is 0.258. The Kier molecular flexibility index (Phi) is 4.46. The second-order valence-corrected chi connectivity index (χ2v) is 10.9. The van der Waals surface area contributed by atoms with Gasteiger partial charge in [-0.25, -0.2) is 0 Å². The van der Waals surface area contributed by atoms with Crippen molar-refractivity contribution in [3.8, 4) is 0 Å². The lowest BCUT2D eigenvalue weighted by atomic mass is 9.43. The summed E-state index contributed by atoms with van der Waals surface area (Å²) in [6, 6.07) is 0. The van der Waals surface area contributed by atoms with E-state index in [1.54, 1.807) is 0 Å². The molecule has 4 saturated carbocycles. The molecule has 0 radical (unpaired) electrons. The van der Waals surface area contributed by atoms with Gasteiger partial charge in [-0.15, -0.1) is 6.58 Å². The number of ketones is 1. The zero-order chi connectivity index (χ0) is 18.7. The molecule has 3 unspecified atom stereocenters. The standard InChI is InChI=1S/C24H38O2/c1-5-11-24(26)14-13-22(3)17(15-24)6-7-18-20-9-8-19(16(2)25)23(20,4)12-10-21(18)22/h5,17-21,26H,1,6-15H2,2-4H3/t17-,18?,19+,20?,21?,22-,23+,24+/m0/s1. The van der Waals surface area contributed by atoms with Crippen molar-refractivity contribution >= 4 is 5.78 Å². The van der Waals surface area contributed by atoms with Crippen molar-refractivity contribution in [3.05, 3.63) is 12.7 Å². The third-order valence-electron chi connectivity index (χ3n) is 9.84. The van der Waals surface area contributed by atoms with E-state index in [1.165, 1.54) is 38.5 Å². The summed E-state index contributed by atoms with van der Waals surface area (Å²) in [6.45, 7) is 10.7. The molecular formula is C24H38O2. The first-order chi connectivity index (χ1) is 12.2. The molecule has 0 aromatic carbocycles. The van der Waals surface area contributed by atoms with E-state index in [-0.39, 0.29) is 5.41 Å². The van der Waals surface area contributed by atoms with Crippen molar-refractivity contribution in [2.45, 2.75) is 90.6 Å². The highest BCUT2D eigenvalue weighted by Gasteiger charge is 2.61. The Bertz CT molecular complexity index is 597. The van der Waals surface area contributed by atoms with Crippen LogP contribution in [0.4, 0.5) is 0 Å². The lowest BCUT2D eigenvalue weighted by Gasteiger charge is -2.62. The van der Waals surface area contributed by atoms with Crippen LogP contribution in [0.2, 0.25) is 0 Å². The number of carbonyl (C=O) groups is 1. The average Bonchev–Trinajstić information content (AvgIpc) is 2.93. The van der Waals surface area contributed by atoms with E-state index in [9.17, 15) is 9.90 Å². The molecule has 2 nitrogen and oxygen atoms in total. The molecule has 2 heteroatoms. The van der Waals surface area contributed by atoms with Crippen LogP contribution in [0, 0.1) is 40.4 Å². The van der Waals surface area contributed by atoms with Gasteiger partial charge in [-0.3, -0.25) is 4.79 Å². The zero-order valence-corrected chi connectivity index (χ0v) is 17.1. The number of carbonyl (C=O) groups excluding carboxylic acids is 1. The van der Waals surface area contributed by atoms with Crippen LogP contribution >= 0.6 is 0 Å². The molecule has 26 heavy (non-hydrogen) atoms. The number of fused-ring (bicyclic) bond motifs is 5. The maximum absolute atomic E-state index is 12.3. The van der Waals surface area contributed by atoms with Crippen LogP contribution in [0.15, 0.2) is 12.7 Å². The largest absolute Gasteiger partial charge is 0.390 e. The fourth-order valence-corrected chi connectivity index (χ4v) is 8.44. The van der Waals surface area contributed by atoms with E-state index in [2.05, 4.69) is 20.4 Å². The van der Waals surface area contributed by atoms with E-state index in [1.807, 2.05) is 13.0 Å². The predicted molar refractivity (Wildman–Crippen MR) is 106 cm³/mol. The van der Waals surface area contributed by atoms with Crippen LogP contribution in [-0.2, 0) is 4.79 Å². The fraction of sp³-hybridized carbons (Fsp3) is 0.875. The Morgan fingerprint density at radius 3 is 2.46 bits per heavy atom. The molecule has 0 amide bonds. The minimum atomic E-state index is -0.505. The molecule has 0 aromatic heterocycles. The smallest absolute Gasteiger partial charge is 0.133 e. The van der Waals surface area contributed by atoms with Gasteiger partial charge in [0.2, 0.25) is 0 Å². The lowest BCUT2D eigenvalue weighted by molar-refractivity contribution is -0.152. The summed E-state index contributed by atoms with van der Waals surface area (Å²) in [5.41, 5.74) is 0.148. The summed E-state index contributed by atoms with van der Waals surface area (Å²) in [4.78, 5) is 12.3. The Hall–Kier alpha value is -0.630. The van der Waals surface area contributed by atoms with Gasteiger partial charge in [-0.05, 0) is 106 Å². The van der Waals surface area contributed by atoms with E-state index in [4.69, 9.17) is 0 Å². The average molecular weight is 359 g/mol. The molecule has 0 aliphatic heterocycles. The van der Waals surface area contributed by atoms with Gasteiger partial charge < -0.3 is 5.11 Å². The van der Waals surface area contributed by atoms with Gasteiger partial charge in [0.1, 0.15) is 5.78 Å². The van der Waals surface area contributed by atoms with Crippen molar-refractivity contribution < 1.29 is 9.90 Å². The van der Waals surface area contributed by atoms with Gasteiger partial charge >= 0.3 is 0 Å². The Labute approximate surface area is 159 Å². The topological polar surface area (TPSA) is 37.3 Å². The molecule has 0 heterocycles. The molecule has 0 saturated heterocycles. The summed E-state index contributed by atoms with van der Waals surface area (Å²) in [5.74, 6) is 3.77. The van der Waals surface area contributed by atoms with Crippen LogP contribution in [0.3, 0.4) is 0 Å². The summed E-state index contributed by atoms with van der Waals surface area (Å²) in [6.07, 6.45) is 13.2. The normalized spacial score (nSPS) is 53.3. The van der Waals surface area contributed by atoms with Gasteiger partial charge in [0.15, 0.2) is 0 Å². The van der Waals surface area contributed by atoms with Gasteiger partial charge in [0.05, 0.1) is 5.60 Å². The molecular weight excluding hydrogens is 320 g/mol. The van der Waals surface area contributed by atoms with Gasteiger partial charge in [0.25, 0.3) is 0 Å². The maximum Gasteiger partial charge on any atom is 0.133 e. The molecule has 4 rings (SSSR count). The Morgan fingerprint density at radius 1 is 1.04 bits per heavy atom. The first kappa shape index (κ1) is 18.7. The highest BCUT2D eigenvalue weighted by Crippen LogP contribution is 2.68. The number of aliphatic hydroxyl groups is 1. The Morgan fingerprint density at radius 2 is 1.77 bits per heavy atom. The molecule has 4 aliphatic carbocycles. The molecule has 4 aliphatic rings. The van der Waals surface area contributed by atoms with Crippen molar-refractivity contribution in [3.63, 3.8) is 0 Å². The van der Waals surface area contributed by atoms with E-state index < -0.39 is 5.60 Å². The molecule has 0 spiro atoms. The number of hydrogen-bond donors (Lipinski definition) is 1. The lowest BCUT2D eigenvalue weighted by Crippen LogP contribution is -2.56. The van der Waals surface area contributed by atoms with E-state index in [0.29, 0.717) is 23.0 Å². The van der Waals surface area contributed by atoms with Gasteiger partial charge in [-0.1, -0.05) is 19.9 Å². The molecule has 4 fully saturated rings. The maximum atomic E-state index is 12.3. The van der Waals surface area contributed by atoms with Gasteiger partial charge in [-0.2, -0.15) is 0 Å². The summed E-state index contributed by atoms with van der Waals surface area (Å²) >= 11 is 0. The van der Waals surface area contributed by atoms with E-state index in [0.717, 1.165) is 43.4 Å². The quantitative estimate of drug-likeness (QED) is 0.672. The third kappa shape index (κ3) is 2.58. The number of Topliss-reactive ketones (excluding diaryl/α,β-unsaturated/α-hetero) is 1. The van der Waals surface area contributed by atoms with Crippen LogP contribution in [0.1, 0.15) is 85.0 Å². The third-order valence-corrected chi connectivity index (χ3v) is 9.84. The van der Waals surface area contributed by atoms with Crippen LogP contribution < -0.4 is 0 Å². The first-order valence-corrected chi connectivity index (χ1v) is 11.1. The van der Waals surface area contributed by atoms with Crippen LogP contribution in [0.5, 0.6) is 0 Å². The van der Waals surface area contributed by atoms with Crippen LogP contribution in [-0.4, -0.2) is 16.5 Å². The van der Waals surface area contributed by atoms with Gasteiger partial charge in [0, 0.05) is 5.92 Å². The second-order valence-electron chi connectivity index (χ2n) is 10.9. The zero-order valence-electron chi connectivity index (χ0n) is 17.1. The van der Waals surface area contributed by atoms with Crippen molar-refractivity contribution in [2.24, 2.45) is 40.4 Å². The monoisotopic (exact) mass is 358 g/mol. The molecule has 1 N–H and O–H groups in total. The summed E-state index contributed by atoms with van der Waals surface area (Å²) < 4.78 is 0.